The molecule has 1 aromatic rings. The highest BCUT2D eigenvalue weighted by Crippen LogP contribution is 2.15. The summed E-state index contributed by atoms with van der Waals surface area (Å²) in [6, 6.07) is 2.62. The lowest BCUT2D eigenvalue weighted by atomic mass is 10.0. The van der Waals surface area contributed by atoms with E-state index in [-0.39, 0.29) is 18.2 Å². The van der Waals surface area contributed by atoms with E-state index in [2.05, 4.69) is 10.3 Å². The molecule has 0 spiro atoms. The van der Waals surface area contributed by atoms with E-state index in [0.29, 0.717) is 5.69 Å². The van der Waals surface area contributed by atoms with Crippen molar-refractivity contribution < 1.29 is 15.0 Å². The van der Waals surface area contributed by atoms with Gasteiger partial charge in [-0.2, -0.15) is 0 Å². The molecule has 17 heavy (non-hydrogen) atoms. The maximum absolute atomic E-state index is 11.0. The molecule has 3 N–H and O–H groups in total. The summed E-state index contributed by atoms with van der Waals surface area (Å²) in [7, 11) is 0. The Morgan fingerprint density at radius 3 is 2.65 bits per heavy atom. The van der Waals surface area contributed by atoms with Gasteiger partial charge >= 0.3 is 5.97 Å². The summed E-state index contributed by atoms with van der Waals surface area (Å²) < 4.78 is 0. The zero-order valence-corrected chi connectivity index (χ0v) is 10.3. The zero-order chi connectivity index (χ0) is 13.0. The summed E-state index contributed by atoms with van der Waals surface area (Å²) in [4.78, 5) is 15.1. The normalized spacial score (nSPS) is 12.7. The predicted molar refractivity (Wildman–Crippen MR) is 63.7 cm³/mol. The van der Waals surface area contributed by atoms with E-state index < -0.39 is 12.0 Å². The maximum atomic E-state index is 11.0. The van der Waals surface area contributed by atoms with Crippen molar-refractivity contribution in [3.8, 4) is 5.75 Å². The van der Waals surface area contributed by atoms with Crippen molar-refractivity contribution in [1.29, 1.82) is 0 Å². The Hall–Kier alpha value is -1.62. The van der Waals surface area contributed by atoms with Crippen molar-refractivity contribution in [1.82, 2.24) is 10.3 Å². The summed E-state index contributed by atoms with van der Waals surface area (Å²) in [5.74, 6) is -0.845. The molecule has 0 aliphatic heterocycles. The van der Waals surface area contributed by atoms with Crippen LogP contribution in [0.1, 0.15) is 25.2 Å². The van der Waals surface area contributed by atoms with Crippen molar-refractivity contribution in [2.45, 2.75) is 33.4 Å². The van der Waals surface area contributed by atoms with Crippen molar-refractivity contribution in [2.24, 2.45) is 5.92 Å². The van der Waals surface area contributed by atoms with Gasteiger partial charge in [-0.15, -0.1) is 0 Å². The van der Waals surface area contributed by atoms with Crippen LogP contribution in [-0.4, -0.2) is 27.2 Å². The van der Waals surface area contributed by atoms with Crippen LogP contribution in [0.4, 0.5) is 0 Å². The van der Waals surface area contributed by atoms with E-state index in [1.165, 1.54) is 0 Å². The monoisotopic (exact) mass is 238 g/mol. The number of aliphatic carboxylic acids is 1. The second kappa shape index (κ2) is 5.63. The summed E-state index contributed by atoms with van der Waals surface area (Å²) in [6.45, 7) is 5.72. The third-order valence-electron chi connectivity index (χ3n) is 2.51. The number of hydrogen-bond acceptors (Lipinski definition) is 4. The van der Waals surface area contributed by atoms with E-state index in [1.54, 1.807) is 12.1 Å². The molecule has 1 heterocycles. The van der Waals surface area contributed by atoms with Gasteiger partial charge in [-0.1, -0.05) is 13.8 Å². The smallest absolute Gasteiger partial charge is 0.320 e. The SMILES string of the molecule is Cc1ccc(O)c(CNC(C(=O)O)C(C)C)n1. The van der Waals surface area contributed by atoms with Crippen LogP contribution in [0.15, 0.2) is 12.1 Å². The average Bonchev–Trinajstić information content (AvgIpc) is 2.22. The molecule has 0 aromatic carbocycles. The van der Waals surface area contributed by atoms with Crippen LogP contribution in [-0.2, 0) is 11.3 Å². The molecule has 0 aliphatic rings. The molecule has 5 nitrogen and oxygen atoms in total. The summed E-state index contributed by atoms with van der Waals surface area (Å²) in [6.07, 6.45) is 0. The predicted octanol–water partition coefficient (Wildman–Crippen LogP) is 1.29. The van der Waals surface area contributed by atoms with Crippen LogP contribution in [0, 0.1) is 12.8 Å². The van der Waals surface area contributed by atoms with Gasteiger partial charge in [0.05, 0.1) is 5.69 Å². The molecule has 0 fully saturated rings. The Labute approximate surface area is 101 Å². The maximum Gasteiger partial charge on any atom is 0.320 e. The molecule has 0 saturated carbocycles. The average molecular weight is 238 g/mol. The van der Waals surface area contributed by atoms with E-state index >= 15 is 0 Å². The molecule has 0 radical (unpaired) electrons. The Bertz CT molecular complexity index is 405. The van der Waals surface area contributed by atoms with Crippen LogP contribution in [0.3, 0.4) is 0 Å². The molecule has 1 unspecified atom stereocenters. The number of carboxylic acids is 1. The first-order chi connectivity index (χ1) is 7.91. The number of nitrogens with one attached hydrogen (secondary N) is 1. The van der Waals surface area contributed by atoms with Crippen LogP contribution in [0.2, 0.25) is 0 Å². The number of aryl methyl sites for hydroxylation is 1. The van der Waals surface area contributed by atoms with Crippen molar-refractivity contribution >= 4 is 5.97 Å². The van der Waals surface area contributed by atoms with E-state index in [0.717, 1.165) is 5.69 Å². The van der Waals surface area contributed by atoms with E-state index in [9.17, 15) is 9.90 Å². The highest BCUT2D eigenvalue weighted by atomic mass is 16.4. The third-order valence-corrected chi connectivity index (χ3v) is 2.51. The highest BCUT2D eigenvalue weighted by Gasteiger charge is 2.21. The Morgan fingerprint density at radius 1 is 1.47 bits per heavy atom. The zero-order valence-electron chi connectivity index (χ0n) is 10.3. The molecule has 1 rings (SSSR count). The van der Waals surface area contributed by atoms with Crippen LogP contribution in [0.5, 0.6) is 5.75 Å². The van der Waals surface area contributed by atoms with E-state index in [1.807, 2.05) is 20.8 Å². The van der Waals surface area contributed by atoms with Crippen molar-refractivity contribution in [3.05, 3.63) is 23.5 Å². The fourth-order valence-electron chi connectivity index (χ4n) is 1.55. The highest BCUT2D eigenvalue weighted by molar-refractivity contribution is 5.73. The van der Waals surface area contributed by atoms with E-state index in [4.69, 9.17) is 5.11 Å². The van der Waals surface area contributed by atoms with Crippen molar-refractivity contribution in [2.75, 3.05) is 0 Å². The molecular weight excluding hydrogens is 220 g/mol. The van der Waals surface area contributed by atoms with Gasteiger partial charge in [-0.25, -0.2) is 0 Å². The molecule has 1 atom stereocenters. The number of hydrogen-bond donors (Lipinski definition) is 3. The first kappa shape index (κ1) is 13.4. The van der Waals surface area contributed by atoms with Gasteiger partial charge in [-0.05, 0) is 25.0 Å². The Balaban J connectivity index is 2.72. The second-order valence-corrected chi connectivity index (χ2v) is 4.36. The molecule has 5 heteroatoms. The minimum absolute atomic E-state index is 0.0283. The lowest BCUT2D eigenvalue weighted by Gasteiger charge is -2.18. The van der Waals surface area contributed by atoms with Crippen LogP contribution < -0.4 is 5.32 Å². The van der Waals surface area contributed by atoms with Gasteiger partial charge in [0.15, 0.2) is 0 Å². The minimum Gasteiger partial charge on any atom is -0.506 e. The second-order valence-electron chi connectivity index (χ2n) is 4.36. The fourth-order valence-corrected chi connectivity index (χ4v) is 1.55. The molecule has 1 aromatic heterocycles. The minimum atomic E-state index is -0.896. The third kappa shape index (κ3) is 3.71. The fraction of sp³-hybridized carbons (Fsp3) is 0.500. The van der Waals surface area contributed by atoms with Crippen LogP contribution >= 0.6 is 0 Å². The number of aromatic hydroxyl groups is 1. The number of pyridine rings is 1. The van der Waals surface area contributed by atoms with Gasteiger partial charge in [0.1, 0.15) is 11.8 Å². The Morgan fingerprint density at radius 2 is 2.12 bits per heavy atom. The van der Waals surface area contributed by atoms with Gasteiger partial charge < -0.3 is 10.2 Å². The largest absolute Gasteiger partial charge is 0.506 e. The van der Waals surface area contributed by atoms with Gasteiger partial charge in [-0.3, -0.25) is 15.1 Å². The number of carboxylic acid groups (broad SMARTS) is 1. The van der Waals surface area contributed by atoms with Gasteiger partial charge in [0, 0.05) is 12.2 Å². The van der Waals surface area contributed by atoms with Gasteiger partial charge in [0.2, 0.25) is 0 Å². The molecule has 0 saturated heterocycles. The summed E-state index contributed by atoms with van der Waals surface area (Å²) in [5.41, 5.74) is 1.26. The summed E-state index contributed by atoms with van der Waals surface area (Å²) >= 11 is 0. The number of carbonyl (C=O) groups is 1. The molecule has 0 bridgehead atoms. The topological polar surface area (TPSA) is 82.5 Å². The quantitative estimate of drug-likeness (QED) is 0.720. The number of aromatic nitrogens is 1. The molecule has 0 amide bonds. The first-order valence-electron chi connectivity index (χ1n) is 5.53. The van der Waals surface area contributed by atoms with Crippen LogP contribution in [0.25, 0.3) is 0 Å². The lowest BCUT2D eigenvalue weighted by molar-refractivity contribution is -0.140. The number of nitrogens with zero attached hydrogens (tertiary/aromatic N) is 1. The summed E-state index contributed by atoms with van der Waals surface area (Å²) in [5, 5.41) is 21.5. The molecular formula is C12H18N2O3. The lowest BCUT2D eigenvalue weighted by Crippen LogP contribution is -2.40. The molecule has 0 aliphatic carbocycles. The van der Waals surface area contributed by atoms with Crippen molar-refractivity contribution in [3.63, 3.8) is 0 Å². The first-order valence-corrected chi connectivity index (χ1v) is 5.53. The number of rotatable bonds is 5. The Kier molecular flexibility index (Phi) is 4.45. The molecule has 94 valence electrons. The standard InChI is InChI=1S/C12H18N2O3/c1-7(2)11(12(16)17)13-6-9-10(15)5-4-8(3)14-9/h4-5,7,11,13,15H,6H2,1-3H3,(H,16,17). The van der Waals surface area contributed by atoms with Gasteiger partial charge in [0.25, 0.3) is 0 Å².